The fraction of sp³-hybridized carbons (Fsp3) is 0.500. The van der Waals surface area contributed by atoms with Gasteiger partial charge in [-0.15, -0.1) is 0 Å². The fourth-order valence-corrected chi connectivity index (χ4v) is 5.13. The van der Waals surface area contributed by atoms with Gasteiger partial charge >= 0.3 is 0 Å². The zero-order chi connectivity index (χ0) is 13.9. The lowest BCUT2D eigenvalue weighted by Gasteiger charge is -2.28. The molecule has 1 aliphatic carbocycles. The molecule has 1 unspecified atom stereocenters. The maximum atomic E-state index is 3.81. The third-order valence-electron chi connectivity index (χ3n) is 3.80. The van der Waals surface area contributed by atoms with E-state index in [2.05, 4.69) is 73.5 Å². The van der Waals surface area contributed by atoms with Crippen molar-refractivity contribution in [3.05, 3.63) is 41.5 Å². The van der Waals surface area contributed by atoms with Crippen molar-refractivity contribution in [3.63, 3.8) is 0 Å². The number of hydrogen-bond donors (Lipinski definition) is 1. The van der Waals surface area contributed by atoms with Gasteiger partial charge in [-0.2, -0.15) is 0 Å². The Balaban J connectivity index is 1.92. The lowest BCUT2D eigenvalue weighted by molar-refractivity contribution is 0.412. The second kappa shape index (κ2) is 6.03. The molecule has 0 amide bonds. The van der Waals surface area contributed by atoms with Gasteiger partial charge in [-0.3, -0.25) is 0 Å². The minimum absolute atomic E-state index is 0.615. The molecular weight excluding hydrogens is 248 g/mol. The Hall–Kier alpha value is -0.903. The second-order valence-corrected chi connectivity index (χ2v) is 10.9. The number of hydrogen-bond acceptors (Lipinski definition) is 2. The predicted octanol–water partition coefficient (Wildman–Crippen LogP) is 3.15. The van der Waals surface area contributed by atoms with Crippen molar-refractivity contribution >= 4 is 14.3 Å². The zero-order valence-corrected chi connectivity index (χ0v) is 13.6. The quantitative estimate of drug-likeness (QED) is 0.802. The van der Waals surface area contributed by atoms with Crippen LogP contribution < -0.4 is 4.98 Å². The lowest BCUT2D eigenvalue weighted by atomic mass is 10.0. The molecular formula is C16H26N2Si. The van der Waals surface area contributed by atoms with E-state index < -0.39 is 8.24 Å². The van der Waals surface area contributed by atoms with Crippen LogP contribution in [-0.4, -0.2) is 40.3 Å². The maximum absolute atomic E-state index is 3.81. The van der Waals surface area contributed by atoms with Crippen LogP contribution in [0.15, 0.2) is 30.3 Å². The summed E-state index contributed by atoms with van der Waals surface area (Å²) in [4.78, 5) is 6.05. The molecule has 1 aliphatic rings. The van der Waals surface area contributed by atoms with Gasteiger partial charge in [0.2, 0.25) is 0 Å². The molecule has 0 spiro atoms. The molecule has 1 atom stereocenters. The highest BCUT2D eigenvalue weighted by Gasteiger charge is 2.27. The van der Waals surface area contributed by atoms with Crippen molar-refractivity contribution < 1.29 is 0 Å². The molecule has 19 heavy (non-hydrogen) atoms. The molecule has 0 heterocycles. The van der Waals surface area contributed by atoms with E-state index in [4.69, 9.17) is 0 Å². The number of likely N-dealkylation sites (N-methyl/N-ethyl adjacent to an activating group) is 1. The van der Waals surface area contributed by atoms with Crippen LogP contribution in [0.3, 0.4) is 0 Å². The smallest absolute Gasteiger partial charge is 0.120 e. The summed E-state index contributed by atoms with van der Waals surface area (Å²) in [5.41, 5.74) is 2.92. The third kappa shape index (κ3) is 4.03. The monoisotopic (exact) mass is 274 g/mol. The zero-order valence-electron chi connectivity index (χ0n) is 12.6. The van der Waals surface area contributed by atoms with E-state index in [-0.39, 0.29) is 0 Å². The molecule has 0 saturated carbocycles. The van der Waals surface area contributed by atoms with Crippen LogP contribution in [0, 0.1) is 0 Å². The van der Waals surface area contributed by atoms with Crippen LogP contribution in [0.25, 0.3) is 6.08 Å². The van der Waals surface area contributed by atoms with Crippen LogP contribution in [0.4, 0.5) is 0 Å². The molecule has 0 saturated heterocycles. The van der Waals surface area contributed by atoms with E-state index in [9.17, 15) is 0 Å². The first kappa shape index (κ1) is 14.5. The summed E-state index contributed by atoms with van der Waals surface area (Å²) in [6.45, 7) is 7.10. The summed E-state index contributed by atoms with van der Waals surface area (Å²) in [7, 11) is 2.93. The highest BCUT2D eigenvalue weighted by Crippen LogP contribution is 2.35. The minimum atomic E-state index is -1.33. The van der Waals surface area contributed by atoms with Gasteiger partial charge in [0.25, 0.3) is 0 Å². The topological polar surface area (TPSA) is 15.3 Å². The lowest BCUT2D eigenvalue weighted by Crippen LogP contribution is -2.47. The molecule has 0 radical (unpaired) electrons. The van der Waals surface area contributed by atoms with E-state index >= 15 is 0 Å². The van der Waals surface area contributed by atoms with Gasteiger partial charge in [-0.1, -0.05) is 49.5 Å². The largest absolute Gasteiger partial charge is 0.336 e. The summed E-state index contributed by atoms with van der Waals surface area (Å²) in [5, 5.41) is 0. The number of nitrogens with zero attached hydrogens (tertiary/aromatic N) is 1. The first-order chi connectivity index (χ1) is 8.98. The molecule has 104 valence electrons. The molecule has 1 aromatic carbocycles. The van der Waals surface area contributed by atoms with Crippen molar-refractivity contribution in [1.82, 2.24) is 9.88 Å². The van der Waals surface area contributed by atoms with E-state index in [1.165, 1.54) is 17.2 Å². The molecule has 0 bridgehead atoms. The van der Waals surface area contributed by atoms with Gasteiger partial charge in [0.1, 0.15) is 8.24 Å². The summed E-state index contributed by atoms with van der Waals surface area (Å²) in [6, 6.07) is 10.1. The molecule has 2 nitrogen and oxygen atoms in total. The van der Waals surface area contributed by atoms with E-state index in [0.29, 0.717) is 5.92 Å². The van der Waals surface area contributed by atoms with Crippen LogP contribution in [-0.2, 0) is 0 Å². The highest BCUT2D eigenvalue weighted by molar-refractivity contribution is 6.75. The second-order valence-electron chi connectivity index (χ2n) is 6.41. The van der Waals surface area contributed by atoms with Gasteiger partial charge in [0, 0.05) is 19.0 Å². The molecule has 0 aliphatic heterocycles. The van der Waals surface area contributed by atoms with Crippen molar-refractivity contribution in [2.45, 2.75) is 25.1 Å². The van der Waals surface area contributed by atoms with E-state index in [1.54, 1.807) is 0 Å². The Morgan fingerprint density at radius 1 is 1.21 bits per heavy atom. The Labute approximate surface area is 118 Å². The fourth-order valence-electron chi connectivity index (χ4n) is 2.74. The minimum Gasteiger partial charge on any atom is -0.336 e. The normalized spacial score (nSPS) is 18.1. The van der Waals surface area contributed by atoms with Gasteiger partial charge in [-0.25, -0.2) is 0 Å². The number of nitrogens with one attached hydrogen (secondary N) is 1. The maximum Gasteiger partial charge on any atom is 0.120 e. The van der Waals surface area contributed by atoms with Gasteiger partial charge in [0.05, 0.1) is 0 Å². The molecule has 1 N–H and O–H groups in total. The SMILES string of the molecule is CN(C)CCN[Si](C)(C)CC1C=Cc2ccccc21. The molecule has 3 heteroatoms. The van der Waals surface area contributed by atoms with Gasteiger partial charge in [-0.05, 0) is 31.3 Å². The Morgan fingerprint density at radius 3 is 2.68 bits per heavy atom. The number of allylic oxidation sites excluding steroid dienone is 1. The molecule has 1 aromatic rings. The first-order valence-electron chi connectivity index (χ1n) is 7.15. The Bertz CT molecular complexity index is 452. The first-order valence-corrected chi connectivity index (χ1v) is 10.4. The summed E-state index contributed by atoms with van der Waals surface area (Å²) in [6.07, 6.45) is 4.66. The van der Waals surface area contributed by atoms with Crippen LogP contribution >= 0.6 is 0 Å². The third-order valence-corrected chi connectivity index (χ3v) is 6.46. The van der Waals surface area contributed by atoms with Crippen LogP contribution in [0.2, 0.25) is 19.1 Å². The average molecular weight is 274 g/mol. The number of fused-ring (bicyclic) bond motifs is 1. The van der Waals surface area contributed by atoms with Crippen molar-refractivity contribution in [2.24, 2.45) is 0 Å². The summed E-state index contributed by atoms with van der Waals surface area (Å²) in [5.74, 6) is 0.615. The van der Waals surface area contributed by atoms with Crippen molar-refractivity contribution in [3.8, 4) is 0 Å². The van der Waals surface area contributed by atoms with Crippen LogP contribution in [0.5, 0.6) is 0 Å². The summed E-state index contributed by atoms with van der Waals surface area (Å²) < 4.78 is 0. The number of benzene rings is 1. The van der Waals surface area contributed by atoms with E-state index in [0.717, 1.165) is 13.1 Å². The number of rotatable bonds is 6. The van der Waals surface area contributed by atoms with E-state index in [1.807, 2.05) is 0 Å². The molecule has 0 aromatic heterocycles. The Morgan fingerprint density at radius 2 is 1.95 bits per heavy atom. The molecule has 2 rings (SSSR count). The molecule has 0 fully saturated rings. The Kier molecular flexibility index (Phi) is 4.61. The standard InChI is InChI=1S/C16H26N2Si/c1-18(2)12-11-17-19(3,4)13-15-10-9-14-7-5-6-8-16(14)15/h5-10,15,17H,11-13H2,1-4H3. The highest BCUT2D eigenvalue weighted by atomic mass is 28.3. The summed E-state index contributed by atoms with van der Waals surface area (Å²) >= 11 is 0. The van der Waals surface area contributed by atoms with Gasteiger partial charge in [0.15, 0.2) is 0 Å². The van der Waals surface area contributed by atoms with Crippen molar-refractivity contribution in [1.29, 1.82) is 0 Å². The van der Waals surface area contributed by atoms with Crippen molar-refractivity contribution in [2.75, 3.05) is 27.2 Å². The van der Waals surface area contributed by atoms with Crippen LogP contribution in [0.1, 0.15) is 17.0 Å². The average Bonchev–Trinajstić information content (AvgIpc) is 2.71. The predicted molar refractivity (Wildman–Crippen MR) is 87.1 cm³/mol. The van der Waals surface area contributed by atoms with Gasteiger partial charge < -0.3 is 9.88 Å².